The van der Waals surface area contributed by atoms with Crippen LogP contribution in [-0.4, -0.2) is 29.1 Å². The average Bonchev–Trinajstić information content (AvgIpc) is 2.97. The molecule has 111 valence electrons. The summed E-state index contributed by atoms with van der Waals surface area (Å²) in [6.07, 6.45) is 3.93. The third-order valence-corrected chi connectivity index (χ3v) is 4.74. The van der Waals surface area contributed by atoms with Gasteiger partial charge in [0.1, 0.15) is 16.9 Å². The highest BCUT2D eigenvalue weighted by Gasteiger charge is 2.21. The minimum absolute atomic E-state index is 0.211. The van der Waals surface area contributed by atoms with Crippen LogP contribution in [0.1, 0.15) is 17.8 Å². The summed E-state index contributed by atoms with van der Waals surface area (Å²) in [6, 6.07) is 5.35. The number of hydrogen-bond acceptors (Lipinski definition) is 4. The molecule has 2 heterocycles. The summed E-state index contributed by atoms with van der Waals surface area (Å²) in [5, 5.41) is 5.35. The van der Waals surface area contributed by atoms with Crippen molar-refractivity contribution in [2.24, 2.45) is 0 Å². The van der Waals surface area contributed by atoms with Gasteiger partial charge in [-0.15, -0.1) is 11.3 Å². The minimum atomic E-state index is 0.211. The highest BCUT2D eigenvalue weighted by atomic mass is 35.5. The van der Waals surface area contributed by atoms with Crippen LogP contribution in [0.5, 0.6) is 5.75 Å². The number of likely N-dealkylation sites (tertiary alicyclic amines) is 1. The van der Waals surface area contributed by atoms with Crippen molar-refractivity contribution < 1.29 is 4.74 Å². The van der Waals surface area contributed by atoms with Crippen LogP contribution in [0.4, 0.5) is 0 Å². The van der Waals surface area contributed by atoms with Gasteiger partial charge in [-0.25, -0.2) is 4.98 Å². The number of hydrogen-bond donors (Lipinski definition) is 0. The lowest BCUT2D eigenvalue weighted by Gasteiger charge is -2.31. The van der Waals surface area contributed by atoms with Gasteiger partial charge in [-0.1, -0.05) is 23.2 Å². The molecule has 0 unspecified atom stereocenters. The lowest BCUT2D eigenvalue weighted by atomic mass is 10.1. The van der Waals surface area contributed by atoms with Crippen molar-refractivity contribution in [3.63, 3.8) is 0 Å². The lowest BCUT2D eigenvalue weighted by Crippen LogP contribution is -2.37. The molecule has 1 saturated heterocycles. The largest absolute Gasteiger partial charge is 0.489 e. The standard InChI is InChI=1S/C15H15Cl2N2OS/c16-11-1-2-14(13(17)9-11)20-12-3-6-19(7-4-12)10-15-18-5-8-21-15/h1-2,5,9,12H,3-4,6-7,10H2. The molecular weight excluding hydrogens is 327 g/mol. The van der Waals surface area contributed by atoms with E-state index < -0.39 is 0 Å². The van der Waals surface area contributed by atoms with Crippen molar-refractivity contribution in [3.8, 4) is 5.75 Å². The number of rotatable bonds is 4. The fraction of sp³-hybridized carbons (Fsp3) is 0.400. The van der Waals surface area contributed by atoms with E-state index in [9.17, 15) is 0 Å². The first kappa shape index (κ1) is 15.1. The summed E-state index contributed by atoms with van der Waals surface area (Å²) < 4.78 is 5.99. The van der Waals surface area contributed by atoms with E-state index in [1.54, 1.807) is 29.7 Å². The van der Waals surface area contributed by atoms with Crippen molar-refractivity contribution in [1.29, 1.82) is 0 Å². The molecule has 0 spiro atoms. The van der Waals surface area contributed by atoms with Crippen molar-refractivity contribution in [2.45, 2.75) is 25.5 Å². The molecule has 1 aliphatic heterocycles. The highest BCUT2D eigenvalue weighted by Crippen LogP contribution is 2.30. The number of ether oxygens (including phenoxy) is 1. The number of nitrogens with zero attached hydrogens (tertiary/aromatic N) is 2. The monoisotopic (exact) mass is 341 g/mol. The first-order valence-corrected chi connectivity index (χ1v) is 8.43. The van der Waals surface area contributed by atoms with Gasteiger partial charge < -0.3 is 4.74 Å². The quantitative estimate of drug-likeness (QED) is 0.829. The SMILES string of the molecule is Clc1ccc(OC2CCN(Cc3nc[c]s3)CC2)c(Cl)c1. The van der Waals surface area contributed by atoms with Crippen molar-refractivity contribution in [2.75, 3.05) is 13.1 Å². The van der Waals surface area contributed by atoms with Crippen LogP contribution in [0.25, 0.3) is 0 Å². The Balaban J connectivity index is 1.51. The maximum absolute atomic E-state index is 6.14. The Bertz CT molecular complexity index is 583. The normalized spacial score (nSPS) is 17.0. The maximum atomic E-state index is 6.14. The Labute approximate surface area is 138 Å². The maximum Gasteiger partial charge on any atom is 0.138 e. The summed E-state index contributed by atoms with van der Waals surface area (Å²) >= 11 is 13.6. The Hall–Kier alpha value is -0.810. The molecular formula is C15H15Cl2N2OS. The van der Waals surface area contributed by atoms with Crippen LogP contribution in [0.2, 0.25) is 10.0 Å². The van der Waals surface area contributed by atoms with Crippen LogP contribution in [0.15, 0.2) is 24.4 Å². The summed E-state index contributed by atoms with van der Waals surface area (Å²) in [4.78, 5) is 6.68. The molecule has 1 radical (unpaired) electrons. The van der Waals surface area contributed by atoms with E-state index in [-0.39, 0.29) is 6.10 Å². The summed E-state index contributed by atoms with van der Waals surface area (Å²) in [6.45, 7) is 2.92. The Morgan fingerprint density at radius 2 is 2.14 bits per heavy atom. The zero-order valence-electron chi connectivity index (χ0n) is 11.4. The molecule has 1 aromatic carbocycles. The molecule has 0 N–H and O–H groups in total. The van der Waals surface area contributed by atoms with Gasteiger partial charge in [-0.2, -0.15) is 0 Å². The van der Waals surface area contributed by atoms with Crippen LogP contribution in [0, 0.1) is 5.38 Å². The second-order valence-electron chi connectivity index (χ2n) is 5.04. The third-order valence-electron chi connectivity index (χ3n) is 3.52. The number of halogens is 2. The van der Waals surface area contributed by atoms with Gasteiger partial charge in [0.25, 0.3) is 0 Å². The lowest BCUT2D eigenvalue weighted by molar-refractivity contribution is 0.0968. The summed E-state index contributed by atoms with van der Waals surface area (Å²) in [5.74, 6) is 0.717. The number of piperidine rings is 1. The molecule has 1 fully saturated rings. The number of benzene rings is 1. The second-order valence-corrected chi connectivity index (χ2v) is 6.79. The fourth-order valence-electron chi connectivity index (χ4n) is 2.42. The second kappa shape index (κ2) is 6.97. The summed E-state index contributed by atoms with van der Waals surface area (Å²) in [5.41, 5.74) is 0. The van der Waals surface area contributed by atoms with E-state index in [0.29, 0.717) is 15.8 Å². The Morgan fingerprint density at radius 3 is 2.81 bits per heavy atom. The van der Waals surface area contributed by atoms with Gasteiger partial charge in [0.05, 0.1) is 16.9 Å². The fourth-order valence-corrected chi connectivity index (χ4v) is 3.47. The van der Waals surface area contributed by atoms with Gasteiger partial charge in [0.2, 0.25) is 0 Å². The first-order valence-electron chi connectivity index (χ1n) is 6.85. The Morgan fingerprint density at radius 1 is 1.33 bits per heavy atom. The zero-order valence-corrected chi connectivity index (χ0v) is 13.7. The van der Waals surface area contributed by atoms with Gasteiger partial charge in [-0.05, 0) is 31.0 Å². The molecule has 0 atom stereocenters. The molecule has 1 aliphatic rings. The minimum Gasteiger partial charge on any atom is -0.489 e. The first-order chi connectivity index (χ1) is 10.2. The predicted molar refractivity (Wildman–Crippen MR) is 86.3 cm³/mol. The van der Waals surface area contributed by atoms with Gasteiger partial charge in [-0.3, -0.25) is 4.90 Å². The highest BCUT2D eigenvalue weighted by molar-refractivity contribution is 7.09. The van der Waals surface area contributed by atoms with E-state index in [1.807, 2.05) is 6.07 Å². The van der Waals surface area contributed by atoms with Gasteiger partial charge in [0.15, 0.2) is 0 Å². The average molecular weight is 342 g/mol. The number of thiazole rings is 1. The molecule has 0 aliphatic carbocycles. The topological polar surface area (TPSA) is 25.4 Å². The van der Waals surface area contributed by atoms with E-state index in [0.717, 1.165) is 37.5 Å². The van der Waals surface area contributed by atoms with Crippen molar-refractivity contribution in [3.05, 3.63) is 44.8 Å². The van der Waals surface area contributed by atoms with Crippen molar-refractivity contribution >= 4 is 34.5 Å². The predicted octanol–water partition coefficient (Wildman–Crippen LogP) is 4.29. The number of aromatic nitrogens is 1. The van der Waals surface area contributed by atoms with Crippen LogP contribution < -0.4 is 4.74 Å². The van der Waals surface area contributed by atoms with Crippen LogP contribution in [-0.2, 0) is 6.54 Å². The van der Waals surface area contributed by atoms with Crippen LogP contribution in [0.3, 0.4) is 0 Å². The molecule has 3 rings (SSSR count). The molecule has 0 amide bonds. The van der Waals surface area contributed by atoms with E-state index in [1.165, 1.54) is 0 Å². The molecule has 2 aromatic rings. The molecule has 1 aromatic heterocycles. The van der Waals surface area contributed by atoms with E-state index in [4.69, 9.17) is 27.9 Å². The smallest absolute Gasteiger partial charge is 0.138 e. The molecule has 21 heavy (non-hydrogen) atoms. The van der Waals surface area contributed by atoms with E-state index >= 15 is 0 Å². The van der Waals surface area contributed by atoms with E-state index in [2.05, 4.69) is 15.3 Å². The van der Waals surface area contributed by atoms with Crippen molar-refractivity contribution in [1.82, 2.24) is 9.88 Å². The Kier molecular flexibility index (Phi) is 5.01. The zero-order chi connectivity index (χ0) is 14.7. The summed E-state index contributed by atoms with van der Waals surface area (Å²) in [7, 11) is 0. The molecule has 6 heteroatoms. The molecule has 0 bridgehead atoms. The van der Waals surface area contributed by atoms with Gasteiger partial charge >= 0.3 is 0 Å². The molecule has 0 saturated carbocycles. The van der Waals surface area contributed by atoms with Crippen LogP contribution >= 0.6 is 34.5 Å². The van der Waals surface area contributed by atoms with Gasteiger partial charge in [0, 0.05) is 24.3 Å². The molecule has 3 nitrogen and oxygen atoms in total. The third kappa shape index (κ3) is 4.10.